The molecule has 0 saturated heterocycles. The van der Waals surface area contributed by atoms with E-state index < -0.39 is 44.8 Å². The van der Waals surface area contributed by atoms with Gasteiger partial charge in [-0.05, 0) is 12.1 Å². The van der Waals surface area contributed by atoms with Crippen LogP contribution in [0, 0.1) is 0 Å². The molecule has 15 heteroatoms. The maximum Gasteiger partial charge on any atom is 1.00 e. The number of hydrogen-bond acceptors (Lipinski definition) is 4. The third-order valence-electron chi connectivity index (χ3n) is 2.84. The average Bonchev–Trinajstić information content (AvgIpc) is 2.45. The molecule has 0 radical (unpaired) electrons. The van der Waals surface area contributed by atoms with Crippen molar-refractivity contribution < 1.29 is 87.6 Å². The molecule has 1 rings (SSSR count). The van der Waals surface area contributed by atoms with Gasteiger partial charge >= 0.3 is 61.3 Å². The van der Waals surface area contributed by atoms with Crippen molar-refractivity contribution in [2.45, 2.75) is 30.4 Å². The summed E-state index contributed by atoms with van der Waals surface area (Å²) in [6, 6.07) is 6.26. The zero-order chi connectivity index (χ0) is 20.4. The van der Waals surface area contributed by atoms with Crippen LogP contribution in [-0.4, -0.2) is 30.6 Å². The van der Waals surface area contributed by atoms with Gasteiger partial charge in [0.25, 0.3) is 0 Å². The Labute approximate surface area is 168 Å². The second kappa shape index (κ2) is 8.91. The molecule has 0 amide bonds. The monoisotopic (exact) mass is 442 g/mol. The minimum absolute atomic E-state index is 0. The summed E-state index contributed by atoms with van der Waals surface area (Å²) in [4.78, 5) is 11.3. The van der Waals surface area contributed by atoms with Crippen LogP contribution >= 0.6 is 7.82 Å². The molecule has 150 valence electrons. The number of alkyl halides is 9. The van der Waals surface area contributed by atoms with E-state index in [-0.39, 0.29) is 35.3 Å². The Morgan fingerprint density at radius 2 is 1.37 bits per heavy atom. The number of rotatable bonds is 8. The van der Waals surface area contributed by atoms with Crippen LogP contribution in [0.2, 0.25) is 0 Å². The van der Waals surface area contributed by atoms with Crippen molar-refractivity contribution >= 4 is 7.82 Å². The number of halogens is 9. The number of benzene rings is 1. The molecule has 1 aromatic carbocycles. The van der Waals surface area contributed by atoms with E-state index >= 15 is 0 Å². The van der Waals surface area contributed by atoms with E-state index in [1.165, 1.54) is 18.2 Å². The van der Waals surface area contributed by atoms with Gasteiger partial charge in [0.15, 0.2) is 0 Å². The molecule has 1 unspecified atom stereocenters. The number of phosphoric acid groups is 1. The Balaban J connectivity index is 0.00000676. The van der Waals surface area contributed by atoms with Crippen LogP contribution in [0.3, 0.4) is 0 Å². The topological polar surface area (TPSA) is 58.6 Å². The maximum absolute atomic E-state index is 13.2. The van der Waals surface area contributed by atoms with Crippen LogP contribution in [0.4, 0.5) is 39.5 Å². The van der Waals surface area contributed by atoms with Gasteiger partial charge in [0.2, 0.25) is 0 Å². The van der Waals surface area contributed by atoms with Gasteiger partial charge in [0.05, 0.1) is 6.61 Å². The first kappa shape index (κ1) is 26.5. The van der Waals surface area contributed by atoms with Crippen molar-refractivity contribution in [2.24, 2.45) is 0 Å². The molecule has 1 atom stereocenters. The Morgan fingerprint density at radius 1 is 0.889 bits per heavy atom. The molecule has 0 aromatic heterocycles. The van der Waals surface area contributed by atoms with Crippen LogP contribution < -0.4 is 39.0 Å². The fraction of sp³-hybridized carbons (Fsp3) is 0.500. The molecule has 0 N–H and O–H groups in total. The van der Waals surface area contributed by atoms with Crippen LogP contribution in [0.5, 0.6) is 5.75 Å². The molecule has 1 aromatic rings. The zero-order valence-corrected chi connectivity index (χ0v) is 16.2. The summed E-state index contributed by atoms with van der Waals surface area (Å²) < 4.78 is 133. The molecule has 0 aliphatic carbocycles. The van der Waals surface area contributed by atoms with Crippen molar-refractivity contribution in [1.29, 1.82) is 0 Å². The fourth-order valence-electron chi connectivity index (χ4n) is 1.49. The molecule has 0 heterocycles. The molecule has 0 aliphatic rings. The maximum atomic E-state index is 13.2. The first-order valence-corrected chi connectivity index (χ1v) is 7.90. The van der Waals surface area contributed by atoms with Crippen molar-refractivity contribution in [1.82, 2.24) is 0 Å². The first-order valence-electron chi connectivity index (χ1n) is 6.44. The van der Waals surface area contributed by atoms with Gasteiger partial charge in [-0.25, -0.2) is 0 Å². The first-order chi connectivity index (χ1) is 11.5. The predicted molar refractivity (Wildman–Crippen MR) is 66.1 cm³/mol. The summed E-state index contributed by atoms with van der Waals surface area (Å²) in [5, 5.41) is 0. The minimum Gasteiger partial charge on any atom is -0.746 e. The van der Waals surface area contributed by atoms with Crippen molar-refractivity contribution in [3.05, 3.63) is 30.3 Å². The van der Waals surface area contributed by atoms with Crippen molar-refractivity contribution in [2.75, 3.05) is 6.61 Å². The summed E-state index contributed by atoms with van der Waals surface area (Å²) >= 11 is 0. The predicted octanol–water partition coefficient (Wildman–Crippen LogP) is 1.41. The van der Waals surface area contributed by atoms with E-state index in [0.717, 1.165) is 12.1 Å². The van der Waals surface area contributed by atoms with Gasteiger partial charge in [0, 0.05) is 6.42 Å². The molecule has 4 nitrogen and oxygen atoms in total. The third-order valence-corrected chi connectivity index (χ3v) is 3.77. The summed E-state index contributed by atoms with van der Waals surface area (Å²) in [6.45, 7) is -1.83. The Bertz CT molecular complexity index is 654. The van der Waals surface area contributed by atoms with Crippen LogP contribution in [0.1, 0.15) is 6.42 Å². The summed E-state index contributed by atoms with van der Waals surface area (Å²) in [6.07, 6.45) is -9.40. The second-order valence-corrected chi connectivity index (χ2v) is 6.12. The summed E-state index contributed by atoms with van der Waals surface area (Å²) in [5.41, 5.74) is 0. The van der Waals surface area contributed by atoms with Gasteiger partial charge in [-0.15, -0.1) is 0 Å². The van der Waals surface area contributed by atoms with Gasteiger partial charge in [-0.1, -0.05) is 18.2 Å². The Morgan fingerprint density at radius 3 is 1.81 bits per heavy atom. The number of phosphoric ester groups is 1. The molecule has 27 heavy (non-hydrogen) atoms. The molecule has 0 spiro atoms. The summed E-state index contributed by atoms with van der Waals surface area (Å²) in [5.74, 6) is -20.2. The number of hydrogen-bond donors (Lipinski definition) is 0. The van der Waals surface area contributed by atoms with E-state index in [9.17, 15) is 49.0 Å². The second-order valence-electron chi connectivity index (χ2n) is 4.79. The Kier molecular flexibility index (Phi) is 8.76. The van der Waals surface area contributed by atoms with Gasteiger partial charge < -0.3 is 13.9 Å². The largest absolute Gasteiger partial charge is 1.00 e. The zero-order valence-electron chi connectivity index (χ0n) is 13.3. The molecule has 0 saturated carbocycles. The van der Waals surface area contributed by atoms with Gasteiger partial charge in [-0.3, -0.25) is 4.57 Å². The Hall–Kier alpha value is -0.460. The molecular formula is C12H9F9NaO4P. The van der Waals surface area contributed by atoms with Gasteiger partial charge in [0.1, 0.15) is 5.75 Å². The molecule has 0 fully saturated rings. The molecule has 0 bridgehead atoms. The number of para-hydroxylation sites is 1. The SMILES string of the molecule is O=P([O-])(OCCC(F)(F)C(F)(F)C(F)(F)C(F)(F)F)Oc1ccccc1.[Na+]. The summed E-state index contributed by atoms with van der Waals surface area (Å²) in [7, 11) is -5.36. The van der Waals surface area contributed by atoms with E-state index in [4.69, 9.17) is 0 Å². The van der Waals surface area contributed by atoms with Crippen molar-refractivity contribution in [3.63, 3.8) is 0 Å². The van der Waals surface area contributed by atoms with Crippen LogP contribution in [0.25, 0.3) is 0 Å². The molecular weight excluding hydrogens is 433 g/mol. The average molecular weight is 442 g/mol. The molecule has 0 aliphatic heterocycles. The van der Waals surface area contributed by atoms with Crippen LogP contribution in [0.15, 0.2) is 30.3 Å². The third kappa shape index (κ3) is 6.26. The fourth-order valence-corrected chi connectivity index (χ4v) is 2.23. The van der Waals surface area contributed by atoms with E-state index in [1.807, 2.05) is 0 Å². The van der Waals surface area contributed by atoms with Crippen LogP contribution in [-0.2, 0) is 9.09 Å². The van der Waals surface area contributed by atoms with E-state index in [0.29, 0.717) is 0 Å². The van der Waals surface area contributed by atoms with Gasteiger partial charge in [-0.2, -0.15) is 39.5 Å². The minimum atomic E-state index is -7.05. The van der Waals surface area contributed by atoms with E-state index in [2.05, 4.69) is 9.05 Å². The van der Waals surface area contributed by atoms with E-state index in [1.54, 1.807) is 0 Å². The smallest absolute Gasteiger partial charge is 0.746 e. The van der Waals surface area contributed by atoms with Crippen molar-refractivity contribution in [3.8, 4) is 5.75 Å². The quantitative estimate of drug-likeness (QED) is 0.347. The normalized spacial score (nSPS) is 15.6. The standard InChI is InChI=1S/C12H10F9O4P.Na/c13-9(14,10(15,16)11(17,18)12(19,20)21)6-7-24-26(22,23)25-8-4-2-1-3-5-8;/h1-5H,6-7H2,(H,22,23);/q;+1/p-1.